The molecule has 0 saturated heterocycles. The van der Waals surface area contributed by atoms with Gasteiger partial charge in [0.15, 0.2) is 0 Å². The average Bonchev–Trinajstić information content (AvgIpc) is 2.67. The van der Waals surface area contributed by atoms with Crippen molar-refractivity contribution in [3.05, 3.63) is 65.2 Å². The summed E-state index contributed by atoms with van der Waals surface area (Å²) in [4.78, 5) is 39.5. The number of benzene rings is 2. The lowest BCUT2D eigenvalue weighted by molar-refractivity contribution is -0.142. The molecule has 1 amide bonds. The lowest BCUT2D eigenvalue weighted by Crippen LogP contribution is -2.25. The highest BCUT2D eigenvalue weighted by Crippen LogP contribution is 2.16. The van der Waals surface area contributed by atoms with E-state index in [0.29, 0.717) is 12.2 Å². The summed E-state index contributed by atoms with van der Waals surface area (Å²) in [5.74, 6) is -1.91. The molecule has 0 aliphatic rings. The Labute approximate surface area is 169 Å². The third-order valence-corrected chi connectivity index (χ3v) is 4.28. The zero-order valence-electron chi connectivity index (χ0n) is 16.5. The van der Waals surface area contributed by atoms with Crippen LogP contribution < -0.4 is 10.2 Å². The number of esters is 1. The van der Waals surface area contributed by atoms with E-state index in [-0.39, 0.29) is 25.4 Å². The summed E-state index contributed by atoms with van der Waals surface area (Å²) in [5, 5.41) is 9.41. The molecule has 1 atom stereocenters. The summed E-state index contributed by atoms with van der Waals surface area (Å²) >= 11 is 0. The average molecular weight is 399 g/mol. The molecule has 0 aromatic heterocycles. The van der Waals surface area contributed by atoms with E-state index in [1.165, 1.54) is 6.92 Å². The zero-order chi connectivity index (χ0) is 21.2. The van der Waals surface area contributed by atoms with Crippen LogP contribution >= 0.6 is 0 Å². The van der Waals surface area contributed by atoms with Gasteiger partial charge in [0.25, 0.3) is 0 Å². The van der Waals surface area contributed by atoms with Crippen LogP contribution in [-0.2, 0) is 32.2 Å². The number of rotatable bonds is 10. The molecular weight excluding hydrogens is 374 g/mol. The van der Waals surface area contributed by atoms with E-state index < -0.39 is 17.9 Å². The number of ether oxygens (including phenoxy) is 1. The lowest BCUT2D eigenvalue weighted by Gasteiger charge is -2.13. The Morgan fingerprint density at radius 2 is 1.62 bits per heavy atom. The van der Waals surface area contributed by atoms with Crippen LogP contribution in [0.2, 0.25) is 0 Å². The van der Waals surface area contributed by atoms with Gasteiger partial charge in [-0.05, 0) is 43.0 Å². The number of carboxylic acids is 1. The number of hydrogen-bond donors (Lipinski definition) is 2. The van der Waals surface area contributed by atoms with Crippen LogP contribution in [0.1, 0.15) is 36.5 Å². The predicted octanol–water partition coefficient (Wildman–Crippen LogP) is 3.19. The van der Waals surface area contributed by atoms with Gasteiger partial charge in [-0.25, -0.2) is 5.48 Å². The van der Waals surface area contributed by atoms with Gasteiger partial charge in [0.2, 0.25) is 5.91 Å². The largest absolute Gasteiger partial charge is 0.481 e. The van der Waals surface area contributed by atoms with Gasteiger partial charge in [-0.3, -0.25) is 19.2 Å². The van der Waals surface area contributed by atoms with E-state index in [4.69, 9.17) is 9.57 Å². The summed E-state index contributed by atoms with van der Waals surface area (Å²) in [6.45, 7) is 3.43. The quantitative estimate of drug-likeness (QED) is 0.361. The molecule has 1 unspecified atom stereocenters. The number of carboxylic acid groups (broad SMARTS) is 1. The molecule has 7 nitrogen and oxygen atoms in total. The predicted molar refractivity (Wildman–Crippen MR) is 106 cm³/mol. The maximum absolute atomic E-state index is 11.9. The fourth-order valence-electron chi connectivity index (χ4n) is 2.70. The Hall–Kier alpha value is -3.19. The number of amides is 1. The summed E-state index contributed by atoms with van der Waals surface area (Å²) in [6, 6.07) is 14.4. The van der Waals surface area contributed by atoms with Gasteiger partial charge in [0.05, 0.1) is 12.5 Å². The monoisotopic (exact) mass is 399 g/mol. The number of hydroxylamine groups is 1. The van der Waals surface area contributed by atoms with Crippen molar-refractivity contribution in [2.45, 2.75) is 39.7 Å². The summed E-state index contributed by atoms with van der Waals surface area (Å²) < 4.78 is 4.94. The van der Waals surface area contributed by atoms with Crippen LogP contribution in [0.3, 0.4) is 0 Å². The van der Waals surface area contributed by atoms with E-state index in [1.807, 2.05) is 31.2 Å². The molecule has 2 aromatic carbocycles. The number of aliphatic carboxylic acids is 1. The number of aryl methyl sites for hydroxylation is 1. The van der Waals surface area contributed by atoms with Crippen LogP contribution in [0.5, 0.6) is 5.75 Å². The highest BCUT2D eigenvalue weighted by Gasteiger charge is 2.19. The van der Waals surface area contributed by atoms with Crippen molar-refractivity contribution < 1.29 is 29.1 Å². The van der Waals surface area contributed by atoms with Crippen molar-refractivity contribution in [2.75, 3.05) is 0 Å². The van der Waals surface area contributed by atoms with Crippen molar-refractivity contribution >= 4 is 17.8 Å². The summed E-state index contributed by atoms with van der Waals surface area (Å²) in [6.07, 6.45) is 0.641. The molecular formula is C22H25NO6. The Morgan fingerprint density at radius 1 is 1.00 bits per heavy atom. The maximum Gasteiger partial charge on any atom is 0.308 e. The summed E-state index contributed by atoms with van der Waals surface area (Å²) in [7, 11) is 0. The SMILES string of the molecule is CC(=O)Oc1ccc(CONC(=O)CCC(Cc2ccc(C)cc2)C(=O)O)cc1. The van der Waals surface area contributed by atoms with Gasteiger partial charge in [-0.15, -0.1) is 0 Å². The molecule has 2 rings (SSSR count). The Morgan fingerprint density at radius 3 is 2.21 bits per heavy atom. The fourth-order valence-corrected chi connectivity index (χ4v) is 2.70. The summed E-state index contributed by atoms with van der Waals surface area (Å²) in [5.41, 5.74) is 5.14. The molecule has 2 aromatic rings. The second kappa shape index (κ2) is 11.0. The van der Waals surface area contributed by atoms with Crippen molar-refractivity contribution in [1.82, 2.24) is 5.48 Å². The first-order valence-corrected chi connectivity index (χ1v) is 9.30. The van der Waals surface area contributed by atoms with Crippen LogP contribution in [0.15, 0.2) is 48.5 Å². The van der Waals surface area contributed by atoms with E-state index in [0.717, 1.165) is 16.7 Å². The maximum atomic E-state index is 11.9. The van der Waals surface area contributed by atoms with E-state index in [2.05, 4.69) is 5.48 Å². The van der Waals surface area contributed by atoms with Crippen LogP contribution in [-0.4, -0.2) is 23.0 Å². The molecule has 29 heavy (non-hydrogen) atoms. The Balaban J connectivity index is 1.73. The number of hydrogen-bond acceptors (Lipinski definition) is 5. The molecule has 154 valence electrons. The first-order chi connectivity index (χ1) is 13.8. The van der Waals surface area contributed by atoms with Crippen molar-refractivity contribution in [3.63, 3.8) is 0 Å². The third-order valence-electron chi connectivity index (χ3n) is 4.28. The minimum absolute atomic E-state index is 0.0498. The molecule has 0 radical (unpaired) electrons. The third kappa shape index (κ3) is 8.15. The van der Waals surface area contributed by atoms with E-state index >= 15 is 0 Å². The van der Waals surface area contributed by atoms with Crippen LogP contribution in [0.25, 0.3) is 0 Å². The van der Waals surface area contributed by atoms with E-state index in [9.17, 15) is 19.5 Å². The van der Waals surface area contributed by atoms with Gasteiger partial charge in [-0.2, -0.15) is 0 Å². The smallest absolute Gasteiger partial charge is 0.308 e. The zero-order valence-corrected chi connectivity index (χ0v) is 16.5. The standard InChI is InChI=1S/C22H25NO6/c1-15-3-5-17(6-4-15)13-19(22(26)27)9-12-21(25)23-28-14-18-7-10-20(11-8-18)29-16(2)24/h3-8,10-11,19H,9,12-14H2,1-2H3,(H,23,25)(H,26,27). The van der Waals surface area contributed by atoms with Crippen molar-refractivity contribution in [2.24, 2.45) is 5.92 Å². The molecule has 0 spiro atoms. The molecule has 0 heterocycles. The second-order valence-electron chi connectivity index (χ2n) is 6.82. The van der Waals surface area contributed by atoms with Crippen molar-refractivity contribution in [3.8, 4) is 5.75 Å². The lowest BCUT2D eigenvalue weighted by atomic mass is 9.94. The highest BCUT2D eigenvalue weighted by molar-refractivity contribution is 5.76. The first-order valence-electron chi connectivity index (χ1n) is 9.30. The number of carbonyl (C=O) groups is 3. The number of carbonyl (C=O) groups excluding carboxylic acids is 2. The van der Waals surface area contributed by atoms with Gasteiger partial charge in [-0.1, -0.05) is 42.0 Å². The van der Waals surface area contributed by atoms with Gasteiger partial charge in [0.1, 0.15) is 5.75 Å². The molecule has 2 N–H and O–H groups in total. The van der Waals surface area contributed by atoms with Crippen molar-refractivity contribution in [1.29, 1.82) is 0 Å². The normalized spacial score (nSPS) is 11.5. The molecule has 0 bridgehead atoms. The molecule has 0 saturated carbocycles. The fraction of sp³-hybridized carbons (Fsp3) is 0.318. The van der Waals surface area contributed by atoms with Gasteiger partial charge in [0, 0.05) is 13.3 Å². The highest BCUT2D eigenvalue weighted by atomic mass is 16.6. The topological polar surface area (TPSA) is 102 Å². The van der Waals surface area contributed by atoms with Gasteiger partial charge < -0.3 is 9.84 Å². The Bertz CT molecular complexity index is 829. The minimum Gasteiger partial charge on any atom is -0.481 e. The number of nitrogens with one attached hydrogen (secondary N) is 1. The molecule has 0 aliphatic heterocycles. The van der Waals surface area contributed by atoms with Crippen LogP contribution in [0, 0.1) is 12.8 Å². The van der Waals surface area contributed by atoms with Gasteiger partial charge >= 0.3 is 11.9 Å². The first kappa shape index (κ1) is 22.1. The van der Waals surface area contributed by atoms with E-state index in [1.54, 1.807) is 24.3 Å². The Kier molecular flexibility index (Phi) is 8.36. The minimum atomic E-state index is -0.924. The molecule has 0 aliphatic carbocycles. The second-order valence-corrected chi connectivity index (χ2v) is 6.82. The molecule has 0 fully saturated rings. The molecule has 7 heteroatoms. The van der Waals surface area contributed by atoms with Crippen LogP contribution in [0.4, 0.5) is 0 Å².